The summed E-state index contributed by atoms with van der Waals surface area (Å²) in [7, 11) is 0. The van der Waals surface area contributed by atoms with Gasteiger partial charge in [0.25, 0.3) is 5.91 Å². The summed E-state index contributed by atoms with van der Waals surface area (Å²) in [5.41, 5.74) is 2.83. The normalized spacial score (nSPS) is 17.2. The van der Waals surface area contributed by atoms with Gasteiger partial charge in [-0.15, -0.1) is 11.3 Å². The monoisotopic (exact) mass is 374 g/mol. The van der Waals surface area contributed by atoms with Crippen molar-refractivity contribution in [3.8, 4) is 0 Å². The summed E-state index contributed by atoms with van der Waals surface area (Å²) in [6, 6.07) is 11.8. The van der Waals surface area contributed by atoms with Crippen LogP contribution in [0.4, 0.5) is 0 Å². The predicted octanol–water partition coefficient (Wildman–Crippen LogP) is 4.31. The van der Waals surface area contributed by atoms with Crippen molar-refractivity contribution in [3.63, 3.8) is 0 Å². The van der Waals surface area contributed by atoms with Gasteiger partial charge >= 0.3 is 0 Å². The zero-order chi connectivity index (χ0) is 17.2. The fourth-order valence-corrected chi connectivity index (χ4v) is 4.29. The van der Waals surface area contributed by atoms with Crippen LogP contribution in [-0.4, -0.2) is 29.7 Å². The SMILES string of the molecule is O=C(NC[C@@H]1CCCO1)c1cc2sccc2n1Cc1cccc(Cl)c1. The first-order chi connectivity index (χ1) is 12.2. The van der Waals surface area contributed by atoms with Crippen LogP contribution in [0.25, 0.3) is 10.2 Å². The van der Waals surface area contributed by atoms with Gasteiger partial charge in [0, 0.05) is 24.7 Å². The molecule has 3 heterocycles. The zero-order valence-electron chi connectivity index (χ0n) is 13.7. The number of fused-ring (bicyclic) bond motifs is 1. The molecular weight excluding hydrogens is 356 g/mol. The van der Waals surface area contributed by atoms with E-state index in [2.05, 4.69) is 16.0 Å². The maximum absolute atomic E-state index is 12.7. The second kappa shape index (κ2) is 7.20. The van der Waals surface area contributed by atoms with Crippen LogP contribution in [-0.2, 0) is 11.3 Å². The van der Waals surface area contributed by atoms with Gasteiger partial charge in [0.1, 0.15) is 5.69 Å². The molecule has 1 aliphatic heterocycles. The summed E-state index contributed by atoms with van der Waals surface area (Å²) in [4.78, 5) is 12.7. The molecule has 0 unspecified atom stereocenters. The summed E-state index contributed by atoms with van der Waals surface area (Å²) in [6.07, 6.45) is 2.22. The van der Waals surface area contributed by atoms with Gasteiger partial charge in [-0.1, -0.05) is 23.7 Å². The minimum Gasteiger partial charge on any atom is -0.376 e. The van der Waals surface area contributed by atoms with Crippen LogP contribution in [0.1, 0.15) is 28.9 Å². The highest BCUT2D eigenvalue weighted by Crippen LogP contribution is 2.27. The third kappa shape index (κ3) is 3.59. The molecule has 0 radical (unpaired) electrons. The Morgan fingerprint density at radius 2 is 2.28 bits per heavy atom. The Labute approximate surface area is 155 Å². The van der Waals surface area contributed by atoms with Gasteiger partial charge in [0.15, 0.2) is 0 Å². The number of hydrogen-bond donors (Lipinski definition) is 1. The Bertz CT molecular complexity index is 896. The quantitative estimate of drug-likeness (QED) is 0.723. The number of nitrogens with one attached hydrogen (secondary N) is 1. The Morgan fingerprint density at radius 3 is 3.08 bits per heavy atom. The molecule has 6 heteroatoms. The standard InChI is InChI=1S/C19H19ClN2O2S/c20-14-4-1-3-13(9-14)12-22-16-6-8-25-18(16)10-17(22)19(23)21-11-15-5-2-7-24-15/h1,3-4,6,8-10,15H,2,5,7,11-12H2,(H,21,23)/t15-/m0/s1. The number of hydrogen-bond acceptors (Lipinski definition) is 3. The molecule has 4 nitrogen and oxygen atoms in total. The van der Waals surface area contributed by atoms with Crippen LogP contribution in [0.3, 0.4) is 0 Å². The number of halogens is 1. The van der Waals surface area contributed by atoms with Crippen molar-refractivity contribution in [2.24, 2.45) is 0 Å². The minimum atomic E-state index is -0.0547. The summed E-state index contributed by atoms with van der Waals surface area (Å²) < 4.78 is 8.76. The van der Waals surface area contributed by atoms with Crippen molar-refractivity contribution in [1.29, 1.82) is 0 Å². The van der Waals surface area contributed by atoms with E-state index in [0.29, 0.717) is 23.8 Å². The smallest absolute Gasteiger partial charge is 0.268 e. The van der Waals surface area contributed by atoms with Crippen LogP contribution in [0, 0.1) is 0 Å². The third-order valence-corrected chi connectivity index (χ3v) is 5.59. The van der Waals surface area contributed by atoms with E-state index >= 15 is 0 Å². The number of nitrogens with zero attached hydrogens (tertiary/aromatic N) is 1. The Kier molecular flexibility index (Phi) is 4.79. The van der Waals surface area contributed by atoms with Gasteiger partial charge in [-0.05, 0) is 48.1 Å². The second-order valence-corrected chi connectivity index (χ2v) is 7.64. The van der Waals surface area contributed by atoms with Crippen molar-refractivity contribution in [3.05, 3.63) is 58.1 Å². The molecule has 1 fully saturated rings. The molecule has 1 aliphatic rings. The second-order valence-electron chi connectivity index (χ2n) is 6.26. The van der Waals surface area contributed by atoms with Gasteiger partial charge < -0.3 is 14.6 Å². The summed E-state index contributed by atoms with van der Waals surface area (Å²) in [5.74, 6) is -0.0547. The molecule has 1 saturated heterocycles. The van der Waals surface area contributed by atoms with Crippen LogP contribution >= 0.6 is 22.9 Å². The number of carbonyl (C=O) groups is 1. The molecular formula is C19H19ClN2O2S. The maximum Gasteiger partial charge on any atom is 0.268 e. The lowest BCUT2D eigenvalue weighted by atomic mass is 10.2. The fraction of sp³-hybridized carbons (Fsp3) is 0.316. The molecule has 1 N–H and O–H groups in total. The summed E-state index contributed by atoms with van der Waals surface area (Å²) in [6.45, 7) is 1.97. The van der Waals surface area contributed by atoms with E-state index in [-0.39, 0.29) is 12.0 Å². The van der Waals surface area contributed by atoms with Crippen molar-refractivity contribution in [1.82, 2.24) is 9.88 Å². The van der Waals surface area contributed by atoms with Crippen LogP contribution in [0.2, 0.25) is 5.02 Å². The van der Waals surface area contributed by atoms with E-state index in [0.717, 1.165) is 35.2 Å². The van der Waals surface area contributed by atoms with Gasteiger partial charge in [-0.3, -0.25) is 4.79 Å². The zero-order valence-corrected chi connectivity index (χ0v) is 15.3. The number of aromatic nitrogens is 1. The van der Waals surface area contributed by atoms with E-state index in [1.165, 1.54) is 0 Å². The maximum atomic E-state index is 12.7. The predicted molar refractivity (Wildman–Crippen MR) is 102 cm³/mol. The van der Waals surface area contributed by atoms with E-state index in [1.807, 2.05) is 35.7 Å². The molecule has 25 heavy (non-hydrogen) atoms. The Morgan fingerprint density at radius 1 is 1.36 bits per heavy atom. The average Bonchev–Trinajstić information content (AvgIpc) is 3.31. The molecule has 0 saturated carbocycles. The van der Waals surface area contributed by atoms with Crippen LogP contribution in [0.15, 0.2) is 41.8 Å². The van der Waals surface area contributed by atoms with Crippen molar-refractivity contribution in [2.75, 3.05) is 13.2 Å². The number of thiophene rings is 1. The minimum absolute atomic E-state index is 0.0547. The van der Waals surface area contributed by atoms with E-state index in [4.69, 9.17) is 16.3 Å². The molecule has 0 bridgehead atoms. The topological polar surface area (TPSA) is 43.3 Å². The van der Waals surface area contributed by atoms with E-state index in [1.54, 1.807) is 11.3 Å². The van der Waals surface area contributed by atoms with Crippen LogP contribution < -0.4 is 5.32 Å². The first-order valence-corrected chi connectivity index (χ1v) is 9.67. The lowest BCUT2D eigenvalue weighted by Crippen LogP contribution is -2.33. The Hall–Kier alpha value is -1.82. The molecule has 0 aliphatic carbocycles. The molecule has 1 amide bonds. The number of rotatable bonds is 5. The number of amides is 1. The summed E-state index contributed by atoms with van der Waals surface area (Å²) >= 11 is 7.75. The van der Waals surface area contributed by atoms with Crippen LogP contribution in [0.5, 0.6) is 0 Å². The lowest BCUT2D eigenvalue weighted by molar-refractivity contribution is 0.0851. The summed E-state index contributed by atoms with van der Waals surface area (Å²) in [5, 5.41) is 5.78. The number of ether oxygens (including phenoxy) is 1. The largest absolute Gasteiger partial charge is 0.376 e. The highest BCUT2D eigenvalue weighted by Gasteiger charge is 2.20. The molecule has 1 aromatic carbocycles. The van der Waals surface area contributed by atoms with Gasteiger partial charge in [0.05, 0.1) is 16.3 Å². The molecule has 130 valence electrons. The van der Waals surface area contributed by atoms with Crippen molar-refractivity contribution in [2.45, 2.75) is 25.5 Å². The van der Waals surface area contributed by atoms with E-state index in [9.17, 15) is 4.79 Å². The average molecular weight is 375 g/mol. The molecule has 3 aromatic rings. The third-order valence-electron chi connectivity index (χ3n) is 4.50. The molecule has 2 aromatic heterocycles. The molecule has 1 atom stereocenters. The Balaban J connectivity index is 1.59. The highest BCUT2D eigenvalue weighted by molar-refractivity contribution is 7.17. The first-order valence-electron chi connectivity index (χ1n) is 8.42. The van der Waals surface area contributed by atoms with Gasteiger partial charge in [-0.25, -0.2) is 0 Å². The lowest BCUT2D eigenvalue weighted by Gasteiger charge is -2.13. The molecule has 0 spiro atoms. The van der Waals surface area contributed by atoms with E-state index < -0.39 is 0 Å². The van der Waals surface area contributed by atoms with Crippen molar-refractivity contribution >= 4 is 39.1 Å². The fourth-order valence-electron chi connectivity index (χ4n) is 3.26. The number of benzene rings is 1. The first kappa shape index (κ1) is 16.6. The number of carbonyl (C=O) groups excluding carboxylic acids is 1. The van der Waals surface area contributed by atoms with Crippen molar-refractivity contribution < 1.29 is 9.53 Å². The molecule has 4 rings (SSSR count). The van der Waals surface area contributed by atoms with Gasteiger partial charge in [0.2, 0.25) is 0 Å². The highest BCUT2D eigenvalue weighted by atomic mass is 35.5. The van der Waals surface area contributed by atoms with Gasteiger partial charge in [-0.2, -0.15) is 0 Å².